The predicted octanol–water partition coefficient (Wildman–Crippen LogP) is 2.06. The van der Waals surface area contributed by atoms with Crippen molar-refractivity contribution in [3.63, 3.8) is 0 Å². The van der Waals surface area contributed by atoms with E-state index in [9.17, 15) is 0 Å². The van der Waals surface area contributed by atoms with Gasteiger partial charge in [0.25, 0.3) is 0 Å². The molecule has 3 heteroatoms. The Morgan fingerprint density at radius 3 is 2.93 bits per heavy atom. The van der Waals surface area contributed by atoms with Crippen molar-refractivity contribution in [3.8, 4) is 0 Å². The van der Waals surface area contributed by atoms with Crippen molar-refractivity contribution in [1.29, 1.82) is 0 Å². The van der Waals surface area contributed by atoms with Gasteiger partial charge in [0.05, 0.1) is 5.69 Å². The van der Waals surface area contributed by atoms with Gasteiger partial charge in [0.2, 0.25) is 0 Å². The van der Waals surface area contributed by atoms with E-state index in [1.807, 2.05) is 0 Å². The van der Waals surface area contributed by atoms with Crippen molar-refractivity contribution in [1.82, 2.24) is 14.9 Å². The molecule has 0 aromatic carbocycles. The molecule has 0 amide bonds. The lowest BCUT2D eigenvalue weighted by Gasteiger charge is -2.16. The lowest BCUT2D eigenvalue weighted by Crippen LogP contribution is -2.25. The summed E-state index contributed by atoms with van der Waals surface area (Å²) < 4.78 is 2.45. The monoisotopic (exact) mass is 207 g/mol. The van der Waals surface area contributed by atoms with Crippen LogP contribution in [0.2, 0.25) is 0 Å². The smallest absolute Gasteiger partial charge is 0.111 e. The van der Waals surface area contributed by atoms with E-state index < -0.39 is 0 Å². The zero-order valence-electron chi connectivity index (χ0n) is 10.0. The fraction of sp³-hybridized carbons (Fsp3) is 0.750. The first kappa shape index (κ1) is 10.7. The standard InChI is InChI=1S/C12H21N3/c1-4-7-15-11-5-6-13-8-10(11)14-12(15)9(2)3/h9,13H,4-8H2,1-3H3. The third-order valence-corrected chi connectivity index (χ3v) is 2.98. The summed E-state index contributed by atoms with van der Waals surface area (Å²) in [5, 5.41) is 3.39. The van der Waals surface area contributed by atoms with E-state index in [2.05, 4.69) is 30.7 Å². The van der Waals surface area contributed by atoms with E-state index >= 15 is 0 Å². The van der Waals surface area contributed by atoms with Crippen LogP contribution in [0, 0.1) is 0 Å². The Balaban J connectivity index is 2.41. The minimum absolute atomic E-state index is 0.530. The van der Waals surface area contributed by atoms with Crippen LogP contribution >= 0.6 is 0 Å². The first-order valence-corrected chi connectivity index (χ1v) is 6.03. The van der Waals surface area contributed by atoms with Crippen LogP contribution in [0.25, 0.3) is 0 Å². The second-order valence-electron chi connectivity index (χ2n) is 4.60. The van der Waals surface area contributed by atoms with E-state index in [-0.39, 0.29) is 0 Å². The van der Waals surface area contributed by atoms with Gasteiger partial charge in [-0.15, -0.1) is 0 Å². The van der Waals surface area contributed by atoms with Gasteiger partial charge in [-0.2, -0.15) is 0 Å². The molecule has 0 aliphatic carbocycles. The van der Waals surface area contributed by atoms with Crippen LogP contribution in [0.3, 0.4) is 0 Å². The molecule has 1 aliphatic rings. The first-order valence-electron chi connectivity index (χ1n) is 6.03. The van der Waals surface area contributed by atoms with Gasteiger partial charge in [-0.1, -0.05) is 20.8 Å². The summed E-state index contributed by atoms with van der Waals surface area (Å²) in [5.41, 5.74) is 2.75. The van der Waals surface area contributed by atoms with Crippen molar-refractivity contribution in [2.75, 3.05) is 6.54 Å². The van der Waals surface area contributed by atoms with Crippen molar-refractivity contribution in [2.45, 2.75) is 52.6 Å². The van der Waals surface area contributed by atoms with Gasteiger partial charge in [0, 0.05) is 37.7 Å². The summed E-state index contributed by atoms with van der Waals surface area (Å²) in [5.74, 6) is 1.80. The molecule has 3 nitrogen and oxygen atoms in total. The summed E-state index contributed by atoms with van der Waals surface area (Å²) in [7, 11) is 0. The van der Waals surface area contributed by atoms with Gasteiger partial charge in [-0.25, -0.2) is 4.98 Å². The first-order chi connectivity index (χ1) is 7.24. The van der Waals surface area contributed by atoms with E-state index in [0.717, 1.165) is 26.1 Å². The van der Waals surface area contributed by atoms with Crippen LogP contribution in [-0.4, -0.2) is 16.1 Å². The molecule has 84 valence electrons. The molecule has 2 rings (SSSR count). The number of rotatable bonds is 3. The number of nitrogens with one attached hydrogen (secondary N) is 1. The fourth-order valence-corrected chi connectivity index (χ4v) is 2.31. The normalized spacial score (nSPS) is 15.7. The van der Waals surface area contributed by atoms with Gasteiger partial charge >= 0.3 is 0 Å². The topological polar surface area (TPSA) is 29.9 Å². The zero-order chi connectivity index (χ0) is 10.8. The highest BCUT2D eigenvalue weighted by Gasteiger charge is 2.20. The number of nitrogens with zero attached hydrogens (tertiary/aromatic N) is 2. The van der Waals surface area contributed by atoms with E-state index in [1.54, 1.807) is 0 Å². The van der Waals surface area contributed by atoms with Crippen molar-refractivity contribution < 1.29 is 0 Å². The molecule has 1 aromatic heterocycles. The van der Waals surface area contributed by atoms with Crippen molar-refractivity contribution in [2.24, 2.45) is 0 Å². The maximum Gasteiger partial charge on any atom is 0.111 e. The van der Waals surface area contributed by atoms with E-state index in [1.165, 1.54) is 23.6 Å². The predicted molar refractivity (Wildman–Crippen MR) is 62.0 cm³/mol. The third kappa shape index (κ3) is 1.93. The van der Waals surface area contributed by atoms with Gasteiger partial charge < -0.3 is 9.88 Å². The quantitative estimate of drug-likeness (QED) is 0.822. The van der Waals surface area contributed by atoms with Crippen molar-refractivity contribution >= 4 is 0 Å². The van der Waals surface area contributed by atoms with E-state index in [0.29, 0.717) is 5.92 Å². The lowest BCUT2D eigenvalue weighted by molar-refractivity contribution is 0.561. The maximum absolute atomic E-state index is 4.77. The summed E-state index contributed by atoms with van der Waals surface area (Å²) in [6.45, 7) is 9.86. The molecule has 0 bridgehead atoms. The molecular formula is C12H21N3. The molecule has 0 atom stereocenters. The second-order valence-corrected chi connectivity index (χ2v) is 4.60. The lowest BCUT2D eigenvalue weighted by atomic mass is 10.2. The molecule has 1 aliphatic heterocycles. The highest BCUT2D eigenvalue weighted by atomic mass is 15.1. The molecule has 15 heavy (non-hydrogen) atoms. The number of imidazole rings is 1. The Labute approximate surface area is 91.9 Å². The summed E-state index contributed by atoms with van der Waals surface area (Å²) >= 11 is 0. The minimum atomic E-state index is 0.530. The molecule has 2 heterocycles. The Hall–Kier alpha value is -0.830. The number of aromatic nitrogens is 2. The van der Waals surface area contributed by atoms with Crippen LogP contribution in [0.15, 0.2) is 0 Å². The van der Waals surface area contributed by atoms with Gasteiger partial charge in [-0.3, -0.25) is 0 Å². The van der Waals surface area contributed by atoms with Crippen LogP contribution in [0.5, 0.6) is 0 Å². The second kappa shape index (κ2) is 4.35. The Morgan fingerprint density at radius 2 is 2.27 bits per heavy atom. The highest BCUT2D eigenvalue weighted by Crippen LogP contribution is 2.21. The molecule has 0 saturated carbocycles. The Morgan fingerprint density at radius 1 is 1.47 bits per heavy atom. The van der Waals surface area contributed by atoms with Crippen LogP contribution < -0.4 is 5.32 Å². The van der Waals surface area contributed by atoms with E-state index in [4.69, 9.17) is 4.98 Å². The average Bonchev–Trinajstić information content (AvgIpc) is 2.58. The molecule has 0 radical (unpaired) electrons. The minimum Gasteiger partial charge on any atom is -0.331 e. The number of hydrogen-bond donors (Lipinski definition) is 1. The summed E-state index contributed by atoms with van der Waals surface area (Å²) in [6, 6.07) is 0. The molecule has 1 N–H and O–H groups in total. The van der Waals surface area contributed by atoms with Crippen LogP contribution in [-0.2, 0) is 19.5 Å². The zero-order valence-corrected chi connectivity index (χ0v) is 10.0. The van der Waals surface area contributed by atoms with Gasteiger partial charge in [-0.05, 0) is 6.42 Å². The largest absolute Gasteiger partial charge is 0.331 e. The summed E-state index contributed by atoms with van der Waals surface area (Å²) in [4.78, 5) is 4.77. The summed E-state index contributed by atoms with van der Waals surface area (Å²) in [6.07, 6.45) is 2.32. The Kier molecular flexibility index (Phi) is 3.10. The molecule has 0 spiro atoms. The third-order valence-electron chi connectivity index (χ3n) is 2.98. The maximum atomic E-state index is 4.77. The van der Waals surface area contributed by atoms with Gasteiger partial charge in [0.1, 0.15) is 5.82 Å². The average molecular weight is 207 g/mol. The molecule has 0 fully saturated rings. The highest BCUT2D eigenvalue weighted by molar-refractivity contribution is 5.21. The molecule has 1 aromatic rings. The SMILES string of the molecule is CCCn1c(C(C)C)nc2c1CCNC2. The molecule has 0 unspecified atom stereocenters. The van der Waals surface area contributed by atoms with Crippen molar-refractivity contribution in [3.05, 3.63) is 17.2 Å². The van der Waals surface area contributed by atoms with Crippen LogP contribution in [0.4, 0.5) is 0 Å². The van der Waals surface area contributed by atoms with Crippen LogP contribution in [0.1, 0.15) is 50.3 Å². The number of fused-ring (bicyclic) bond motifs is 1. The Bertz CT molecular complexity index is 339. The molecular weight excluding hydrogens is 186 g/mol. The number of hydrogen-bond acceptors (Lipinski definition) is 2. The molecule has 0 saturated heterocycles. The fourth-order valence-electron chi connectivity index (χ4n) is 2.31. The van der Waals surface area contributed by atoms with Gasteiger partial charge in [0.15, 0.2) is 0 Å².